The molecule has 1 atom stereocenters. The van der Waals surface area contributed by atoms with E-state index in [1.165, 1.54) is 5.56 Å². The topological polar surface area (TPSA) is 73.9 Å². The van der Waals surface area contributed by atoms with E-state index < -0.39 is 23.7 Å². The maximum Gasteiger partial charge on any atom is 0.408 e. The van der Waals surface area contributed by atoms with Crippen LogP contribution in [0.3, 0.4) is 0 Å². The second-order valence-corrected chi connectivity index (χ2v) is 8.89. The van der Waals surface area contributed by atoms with Gasteiger partial charge >= 0.3 is 12.1 Å². The van der Waals surface area contributed by atoms with Crippen LogP contribution in [0.5, 0.6) is 5.75 Å². The summed E-state index contributed by atoms with van der Waals surface area (Å²) >= 11 is 0. The van der Waals surface area contributed by atoms with Crippen molar-refractivity contribution in [3.05, 3.63) is 65.2 Å². The number of hydrogen-bond donors (Lipinski definition) is 1. The predicted octanol–water partition coefficient (Wildman–Crippen LogP) is 5.17. The minimum absolute atomic E-state index is 0.107. The fourth-order valence-corrected chi connectivity index (χ4v) is 2.71. The molecule has 0 fully saturated rings. The lowest BCUT2D eigenvalue weighted by Gasteiger charge is -2.24. The maximum atomic E-state index is 12.5. The van der Waals surface area contributed by atoms with Gasteiger partial charge in [0.1, 0.15) is 30.6 Å². The van der Waals surface area contributed by atoms with Gasteiger partial charge in [-0.05, 0) is 56.9 Å². The first-order chi connectivity index (χ1) is 14.5. The first-order valence-electron chi connectivity index (χ1n) is 10.5. The van der Waals surface area contributed by atoms with Gasteiger partial charge in [0.2, 0.25) is 0 Å². The Balaban J connectivity index is 1.85. The van der Waals surface area contributed by atoms with E-state index in [1.54, 1.807) is 20.8 Å². The minimum atomic E-state index is -0.785. The number of aryl methyl sites for hydroxylation is 1. The van der Waals surface area contributed by atoms with Crippen molar-refractivity contribution >= 4 is 12.1 Å². The van der Waals surface area contributed by atoms with Gasteiger partial charge in [-0.2, -0.15) is 0 Å². The summed E-state index contributed by atoms with van der Waals surface area (Å²) in [5, 5.41) is 2.60. The van der Waals surface area contributed by atoms with Crippen LogP contribution in [0.4, 0.5) is 4.79 Å². The van der Waals surface area contributed by atoms with Crippen molar-refractivity contribution in [2.45, 2.75) is 66.4 Å². The molecule has 0 unspecified atom stereocenters. The lowest BCUT2D eigenvalue weighted by atomic mass is 10.1. The summed E-state index contributed by atoms with van der Waals surface area (Å²) in [6, 6.07) is 14.8. The molecule has 0 radical (unpaired) electrons. The molecule has 0 heterocycles. The summed E-state index contributed by atoms with van der Waals surface area (Å²) < 4.78 is 16.4. The van der Waals surface area contributed by atoms with E-state index in [4.69, 9.17) is 14.2 Å². The summed E-state index contributed by atoms with van der Waals surface area (Å²) in [5.41, 5.74) is 2.50. The van der Waals surface area contributed by atoms with Crippen molar-refractivity contribution in [1.29, 1.82) is 0 Å². The number of rotatable bonds is 8. The van der Waals surface area contributed by atoms with Gasteiger partial charge in [-0.3, -0.25) is 0 Å². The fraction of sp³-hybridized carbons (Fsp3) is 0.440. The molecule has 0 bridgehead atoms. The molecule has 2 aromatic rings. The number of ether oxygens (including phenoxy) is 3. The quantitative estimate of drug-likeness (QED) is 0.589. The number of benzene rings is 2. The van der Waals surface area contributed by atoms with Gasteiger partial charge in [0, 0.05) is 0 Å². The molecule has 0 saturated carbocycles. The van der Waals surface area contributed by atoms with Crippen LogP contribution in [-0.2, 0) is 27.5 Å². The van der Waals surface area contributed by atoms with E-state index in [0.29, 0.717) is 6.61 Å². The number of carbonyl (C=O) groups excluding carboxylic acids is 2. The molecule has 0 spiro atoms. The lowest BCUT2D eigenvalue weighted by Crippen LogP contribution is -2.47. The summed E-state index contributed by atoms with van der Waals surface area (Å²) in [7, 11) is 0. The van der Waals surface area contributed by atoms with Gasteiger partial charge in [-0.15, -0.1) is 0 Å². The molecule has 0 aliphatic carbocycles. The van der Waals surface area contributed by atoms with Crippen molar-refractivity contribution in [2.24, 2.45) is 5.92 Å². The van der Waals surface area contributed by atoms with Crippen LogP contribution in [0.1, 0.15) is 51.3 Å². The van der Waals surface area contributed by atoms with Crippen LogP contribution < -0.4 is 10.1 Å². The molecule has 1 amide bonds. The molecule has 2 aromatic carbocycles. The Morgan fingerprint density at radius 3 is 2.00 bits per heavy atom. The highest BCUT2D eigenvalue weighted by Gasteiger charge is 2.28. The third kappa shape index (κ3) is 8.70. The highest BCUT2D eigenvalue weighted by atomic mass is 16.6. The van der Waals surface area contributed by atoms with Crippen molar-refractivity contribution in [2.75, 3.05) is 0 Å². The third-order valence-corrected chi connectivity index (χ3v) is 4.42. The Morgan fingerprint density at radius 1 is 0.903 bits per heavy atom. The molecule has 1 N–H and O–H groups in total. The van der Waals surface area contributed by atoms with Crippen LogP contribution in [0, 0.1) is 12.8 Å². The SMILES string of the molecule is Cc1ccc(COc2ccc(COC(=O)[C@H](NC(=O)OC(C)(C)C)C(C)C)cc2)cc1. The van der Waals surface area contributed by atoms with Crippen molar-refractivity contribution < 1.29 is 23.8 Å². The Morgan fingerprint density at radius 2 is 1.45 bits per heavy atom. The fourth-order valence-electron chi connectivity index (χ4n) is 2.71. The predicted molar refractivity (Wildman–Crippen MR) is 120 cm³/mol. The Hall–Kier alpha value is -3.02. The number of alkyl carbamates (subject to hydrolysis) is 1. The van der Waals surface area contributed by atoms with E-state index >= 15 is 0 Å². The molecule has 0 aliphatic heterocycles. The van der Waals surface area contributed by atoms with Gasteiger partial charge in [-0.1, -0.05) is 55.8 Å². The number of amides is 1. The molecule has 2 rings (SSSR count). The normalized spacial score (nSPS) is 12.2. The second-order valence-electron chi connectivity index (χ2n) is 8.89. The first-order valence-corrected chi connectivity index (χ1v) is 10.5. The zero-order valence-corrected chi connectivity index (χ0v) is 19.2. The van der Waals surface area contributed by atoms with Crippen molar-refractivity contribution in [3.63, 3.8) is 0 Å². The van der Waals surface area contributed by atoms with E-state index in [2.05, 4.69) is 17.4 Å². The smallest absolute Gasteiger partial charge is 0.408 e. The molecule has 0 aromatic heterocycles. The highest BCUT2D eigenvalue weighted by molar-refractivity contribution is 5.81. The van der Waals surface area contributed by atoms with E-state index in [9.17, 15) is 9.59 Å². The highest BCUT2D eigenvalue weighted by Crippen LogP contribution is 2.16. The van der Waals surface area contributed by atoms with Gasteiger partial charge in [0.15, 0.2) is 0 Å². The van der Waals surface area contributed by atoms with Gasteiger partial charge in [0.05, 0.1) is 0 Å². The lowest BCUT2D eigenvalue weighted by molar-refractivity contribution is -0.148. The second kappa shape index (κ2) is 10.8. The van der Waals surface area contributed by atoms with Gasteiger partial charge in [0.25, 0.3) is 0 Å². The average Bonchev–Trinajstić information content (AvgIpc) is 2.69. The molecular weight excluding hydrogens is 394 g/mol. The Labute approximate surface area is 184 Å². The monoisotopic (exact) mass is 427 g/mol. The van der Waals surface area contributed by atoms with E-state index in [-0.39, 0.29) is 12.5 Å². The number of nitrogens with one attached hydrogen (secondary N) is 1. The van der Waals surface area contributed by atoms with Crippen LogP contribution in [-0.4, -0.2) is 23.7 Å². The standard InChI is InChI=1S/C25H33NO5/c1-17(2)22(26-24(28)31-25(4,5)6)23(27)30-16-20-11-13-21(14-12-20)29-15-19-9-7-18(3)8-10-19/h7-14,17,22H,15-16H2,1-6H3,(H,26,28)/t22-/m1/s1. The summed E-state index contributed by atoms with van der Waals surface area (Å²) in [5.74, 6) is 0.0976. The Bertz CT molecular complexity index is 851. The van der Waals surface area contributed by atoms with Crippen molar-refractivity contribution in [1.82, 2.24) is 5.32 Å². The van der Waals surface area contributed by atoms with Crippen LogP contribution in [0.25, 0.3) is 0 Å². The average molecular weight is 428 g/mol. The van der Waals surface area contributed by atoms with E-state index in [0.717, 1.165) is 16.9 Å². The summed E-state index contributed by atoms with van der Waals surface area (Å²) in [6.45, 7) is 11.6. The number of carbonyl (C=O) groups is 2. The van der Waals surface area contributed by atoms with Crippen LogP contribution in [0.15, 0.2) is 48.5 Å². The minimum Gasteiger partial charge on any atom is -0.489 e. The van der Waals surface area contributed by atoms with E-state index in [1.807, 2.05) is 57.2 Å². The Kier molecular flexibility index (Phi) is 8.48. The summed E-state index contributed by atoms with van der Waals surface area (Å²) in [6.07, 6.45) is -0.641. The maximum absolute atomic E-state index is 12.5. The molecular formula is C25H33NO5. The molecule has 6 heteroatoms. The van der Waals surface area contributed by atoms with Crippen LogP contribution in [0.2, 0.25) is 0 Å². The van der Waals surface area contributed by atoms with Gasteiger partial charge < -0.3 is 19.5 Å². The number of esters is 1. The zero-order chi connectivity index (χ0) is 23.0. The molecule has 0 aliphatic rings. The third-order valence-electron chi connectivity index (χ3n) is 4.42. The molecule has 168 valence electrons. The zero-order valence-electron chi connectivity index (χ0n) is 19.2. The van der Waals surface area contributed by atoms with Crippen LogP contribution >= 0.6 is 0 Å². The van der Waals surface area contributed by atoms with Gasteiger partial charge in [-0.25, -0.2) is 9.59 Å². The first kappa shape index (κ1) is 24.3. The molecule has 6 nitrogen and oxygen atoms in total. The van der Waals surface area contributed by atoms with Crippen molar-refractivity contribution in [3.8, 4) is 5.75 Å². The molecule has 31 heavy (non-hydrogen) atoms. The number of hydrogen-bond acceptors (Lipinski definition) is 5. The molecule has 0 saturated heterocycles. The summed E-state index contributed by atoms with van der Waals surface area (Å²) in [4.78, 5) is 24.5. The largest absolute Gasteiger partial charge is 0.489 e.